The van der Waals surface area contributed by atoms with Crippen molar-refractivity contribution in [2.75, 3.05) is 13.2 Å². The van der Waals surface area contributed by atoms with Gasteiger partial charge in [0, 0.05) is 37.4 Å². The molecule has 0 radical (unpaired) electrons. The molecule has 5 nitrogen and oxygen atoms in total. The zero-order valence-corrected chi connectivity index (χ0v) is 9.93. The Labute approximate surface area is 100 Å². The van der Waals surface area contributed by atoms with E-state index in [0.29, 0.717) is 17.9 Å². The smallest absolute Gasteiger partial charge is 0.201 e. The van der Waals surface area contributed by atoms with Crippen molar-refractivity contribution in [3.63, 3.8) is 0 Å². The lowest BCUT2D eigenvalue weighted by molar-refractivity contribution is 0.00927. The molecule has 2 saturated heterocycles. The number of carbonyl (C=O) groups excluding carboxylic acids is 1. The Hall–Kier alpha value is -1.20. The maximum Gasteiger partial charge on any atom is 0.201 e. The first-order valence-electron chi connectivity index (χ1n) is 6.09. The minimum Gasteiger partial charge on any atom is -0.378 e. The van der Waals surface area contributed by atoms with Crippen molar-refractivity contribution in [1.82, 2.24) is 14.9 Å². The minimum atomic E-state index is 0.0937. The molecule has 0 aromatic carbocycles. The molecule has 0 saturated carbocycles. The highest BCUT2D eigenvalue weighted by molar-refractivity contribution is 5.94. The van der Waals surface area contributed by atoms with Crippen LogP contribution in [0.2, 0.25) is 0 Å². The Bertz CT molecular complexity index is 417. The van der Waals surface area contributed by atoms with Gasteiger partial charge in [0.25, 0.3) is 0 Å². The number of aryl methyl sites for hydroxylation is 1. The number of nitrogens with one attached hydrogen (secondary N) is 1. The number of piperidine rings is 1. The average molecular weight is 235 g/mol. The number of ether oxygens (including phenoxy) is 1. The zero-order chi connectivity index (χ0) is 11.8. The van der Waals surface area contributed by atoms with E-state index in [2.05, 4.69) is 10.3 Å². The summed E-state index contributed by atoms with van der Waals surface area (Å²) in [5.41, 5.74) is 0. The molecule has 2 aliphatic heterocycles. The van der Waals surface area contributed by atoms with Crippen molar-refractivity contribution in [2.24, 2.45) is 13.0 Å². The van der Waals surface area contributed by atoms with Gasteiger partial charge in [0.05, 0.1) is 13.2 Å². The number of fused-ring (bicyclic) bond motifs is 2. The predicted octanol–water partition coefficient (Wildman–Crippen LogP) is 0.370. The maximum atomic E-state index is 12.4. The molecule has 2 unspecified atom stereocenters. The SMILES string of the molecule is Cn1ccnc1C(=O)C1CC2COCC(C1)N2. The molecule has 2 bridgehead atoms. The molecule has 0 spiro atoms. The van der Waals surface area contributed by atoms with Crippen molar-refractivity contribution in [1.29, 1.82) is 0 Å². The van der Waals surface area contributed by atoms with E-state index < -0.39 is 0 Å². The molecule has 17 heavy (non-hydrogen) atoms. The summed E-state index contributed by atoms with van der Waals surface area (Å²) in [4.78, 5) is 16.5. The van der Waals surface area contributed by atoms with Gasteiger partial charge < -0.3 is 14.6 Å². The Kier molecular flexibility index (Phi) is 2.72. The molecule has 3 rings (SSSR count). The third-order valence-electron chi connectivity index (χ3n) is 3.66. The molecule has 0 amide bonds. The normalized spacial score (nSPS) is 32.4. The van der Waals surface area contributed by atoms with Gasteiger partial charge in [-0.05, 0) is 12.8 Å². The van der Waals surface area contributed by atoms with Gasteiger partial charge in [-0.2, -0.15) is 0 Å². The molecule has 1 N–H and O–H groups in total. The number of morpholine rings is 1. The second kappa shape index (κ2) is 4.23. The molecule has 0 aliphatic carbocycles. The highest BCUT2D eigenvalue weighted by atomic mass is 16.5. The molecular weight excluding hydrogens is 218 g/mol. The standard InChI is InChI=1S/C12H17N3O2/c1-15-3-2-13-12(15)11(16)8-4-9-6-17-7-10(5-8)14-9/h2-3,8-10,14H,4-7H2,1H3. The first-order chi connectivity index (χ1) is 8.24. The Morgan fingerprint density at radius 2 is 2.18 bits per heavy atom. The van der Waals surface area contributed by atoms with E-state index in [4.69, 9.17) is 4.74 Å². The van der Waals surface area contributed by atoms with Gasteiger partial charge in [0.2, 0.25) is 5.78 Å². The van der Waals surface area contributed by atoms with E-state index in [1.165, 1.54) is 0 Å². The van der Waals surface area contributed by atoms with Crippen LogP contribution in [0.5, 0.6) is 0 Å². The topological polar surface area (TPSA) is 56.2 Å². The number of carbonyl (C=O) groups is 1. The van der Waals surface area contributed by atoms with Crippen LogP contribution in [0, 0.1) is 5.92 Å². The molecule has 5 heteroatoms. The van der Waals surface area contributed by atoms with Crippen molar-refractivity contribution >= 4 is 5.78 Å². The van der Waals surface area contributed by atoms with Gasteiger partial charge in [0.15, 0.2) is 5.82 Å². The number of ketones is 1. The fourth-order valence-corrected chi connectivity index (χ4v) is 2.84. The first kappa shape index (κ1) is 10.9. The van der Waals surface area contributed by atoms with Crippen LogP contribution in [0.3, 0.4) is 0 Å². The fourth-order valence-electron chi connectivity index (χ4n) is 2.84. The largest absolute Gasteiger partial charge is 0.378 e. The first-order valence-corrected chi connectivity index (χ1v) is 6.09. The predicted molar refractivity (Wildman–Crippen MR) is 61.8 cm³/mol. The van der Waals surface area contributed by atoms with Crippen LogP contribution >= 0.6 is 0 Å². The van der Waals surface area contributed by atoms with E-state index in [1.807, 2.05) is 13.2 Å². The van der Waals surface area contributed by atoms with Crippen LogP contribution < -0.4 is 5.32 Å². The van der Waals surface area contributed by atoms with Crippen LogP contribution in [0.15, 0.2) is 12.4 Å². The summed E-state index contributed by atoms with van der Waals surface area (Å²) in [5, 5.41) is 3.49. The van der Waals surface area contributed by atoms with Gasteiger partial charge in [-0.25, -0.2) is 4.98 Å². The second-order valence-electron chi connectivity index (χ2n) is 4.99. The number of imidazole rings is 1. The van der Waals surface area contributed by atoms with Crippen molar-refractivity contribution < 1.29 is 9.53 Å². The summed E-state index contributed by atoms with van der Waals surface area (Å²) in [7, 11) is 1.87. The highest BCUT2D eigenvalue weighted by Gasteiger charge is 2.36. The van der Waals surface area contributed by atoms with Gasteiger partial charge in [-0.1, -0.05) is 0 Å². The van der Waals surface area contributed by atoms with Crippen LogP contribution in [0.4, 0.5) is 0 Å². The lowest BCUT2D eigenvalue weighted by Gasteiger charge is -2.39. The number of nitrogens with zero attached hydrogens (tertiary/aromatic N) is 2. The maximum absolute atomic E-state index is 12.4. The van der Waals surface area contributed by atoms with Crippen LogP contribution in [0.25, 0.3) is 0 Å². The molecule has 2 aliphatic rings. The van der Waals surface area contributed by atoms with E-state index in [0.717, 1.165) is 26.1 Å². The molecule has 2 fully saturated rings. The lowest BCUT2D eigenvalue weighted by atomic mass is 9.84. The highest BCUT2D eigenvalue weighted by Crippen LogP contribution is 2.26. The summed E-state index contributed by atoms with van der Waals surface area (Å²) in [6.45, 7) is 1.45. The molecular formula is C12H17N3O2. The molecule has 92 valence electrons. The van der Waals surface area contributed by atoms with Crippen LogP contribution in [0.1, 0.15) is 23.5 Å². The van der Waals surface area contributed by atoms with Gasteiger partial charge in [-0.15, -0.1) is 0 Å². The Balaban J connectivity index is 1.76. The van der Waals surface area contributed by atoms with Gasteiger partial charge in [0.1, 0.15) is 0 Å². The fraction of sp³-hybridized carbons (Fsp3) is 0.667. The number of aromatic nitrogens is 2. The summed E-state index contributed by atoms with van der Waals surface area (Å²) < 4.78 is 7.29. The van der Waals surface area contributed by atoms with Crippen molar-refractivity contribution in [2.45, 2.75) is 24.9 Å². The molecule has 1 aromatic rings. The number of hydrogen-bond acceptors (Lipinski definition) is 4. The molecule has 3 heterocycles. The summed E-state index contributed by atoms with van der Waals surface area (Å²) in [6.07, 6.45) is 5.22. The van der Waals surface area contributed by atoms with Crippen LogP contribution in [-0.2, 0) is 11.8 Å². The van der Waals surface area contributed by atoms with Crippen LogP contribution in [-0.4, -0.2) is 40.6 Å². The number of hydrogen-bond donors (Lipinski definition) is 1. The minimum absolute atomic E-state index is 0.0937. The zero-order valence-electron chi connectivity index (χ0n) is 9.93. The molecule has 2 atom stereocenters. The quantitative estimate of drug-likeness (QED) is 0.752. The number of rotatable bonds is 2. The van der Waals surface area contributed by atoms with Crippen molar-refractivity contribution in [3.05, 3.63) is 18.2 Å². The summed E-state index contributed by atoms with van der Waals surface area (Å²) in [5.74, 6) is 0.850. The third kappa shape index (κ3) is 2.00. The Morgan fingerprint density at radius 3 is 2.76 bits per heavy atom. The van der Waals surface area contributed by atoms with E-state index in [1.54, 1.807) is 10.8 Å². The summed E-state index contributed by atoms with van der Waals surface area (Å²) in [6, 6.07) is 0.661. The second-order valence-corrected chi connectivity index (χ2v) is 4.99. The summed E-state index contributed by atoms with van der Waals surface area (Å²) >= 11 is 0. The van der Waals surface area contributed by atoms with E-state index >= 15 is 0 Å². The third-order valence-corrected chi connectivity index (χ3v) is 3.66. The number of Topliss-reactive ketones (excluding diaryl/α,β-unsaturated/α-hetero) is 1. The monoisotopic (exact) mass is 235 g/mol. The molecule has 1 aromatic heterocycles. The van der Waals surface area contributed by atoms with Crippen molar-refractivity contribution in [3.8, 4) is 0 Å². The average Bonchev–Trinajstić information content (AvgIpc) is 2.74. The van der Waals surface area contributed by atoms with E-state index in [-0.39, 0.29) is 11.7 Å². The van der Waals surface area contributed by atoms with E-state index in [9.17, 15) is 4.79 Å². The van der Waals surface area contributed by atoms with Gasteiger partial charge >= 0.3 is 0 Å². The Morgan fingerprint density at radius 1 is 1.47 bits per heavy atom. The lowest BCUT2D eigenvalue weighted by Crippen LogP contribution is -2.55. The van der Waals surface area contributed by atoms with Gasteiger partial charge in [-0.3, -0.25) is 4.79 Å².